The number of nitrogens with one attached hydrogen (secondary N) is 2. The monoisotopic (exact) mass is 370 g/mol. The van der Waals surface area contributed by atoms with E-state index in [1.54, 1.807) is 6.92 Å². The Labute approximate surface area is 158 Å². The maximum Gasteiger partial charge on any atom is 0.407 e. The molecule has 1 fully saturated rings. The molecule has 3 atom stereocenters. The van der Waals surface area contributed by atoms with Crippen LogP contribution in [0.3, 0.4) is 0 Å². The summed E-state index contributed by atoms with van der Waals surface area (Å²) in [5.74, 6) is 0.123. The highest BCUT2D eigenvalue weighted by Crippen LogP contribution is 2.29. The zero-order chi connectivity index (χ0) is 19.7. The van der Waals surface area contributed by atoms with E-state index in [9.17, 15) is 14.7 Å². The van der Waals surface area contributed by atoms with Crippen LogP contribution in [0.2, 0.25) is 0 Å². The Kier molecular flexibility index (Phi) is 9.41. The number of aliphatic hydroxyl groups excluding tert-OH is 1. The molecule has 1 aliphatic rings. The fourth-order valence-corrected chi connectivity index (χ4v) is 3.54. The van der Waals surface area contributed by atoms with Gasteiger partial charge in [0.2, 0.25) is 5.91 Å². The third kappa shape index (κ3) is 8.88. The summed E-state index contributed by atoms with van der Waals surface area (Å²) in [5, 5.41) is 16.4. The molecular weight excluding hydrogens is 332 g/mol. The van der Waals surface area contributed by atoms with E-state index in [1.807, 2.05) is 27.7 Å². The van der Waals surface area contributed by atoms with Gasteiger partial charge in [0.15, 0.2) is 0 Å². The van der Waals surface area contributed by atoms with Crippen LogP contribution in [0.15, 0.2) is 0 Å². The van der Waals surface area contributed by atoms with Crippen LogP contribution in [-0.4, -0.2) is 41.4 Å². The van der Waals surface area contributed by atoms with Crippen molar-refractivity contribution < 1.29 is 19.4 Å². The van der Waals surface area contributed by atoms with E-state index in [0.29, 0.717) is 18.9 Å². The third-order valence-corrected chi connectivity index (χ3v) is 4.87. The third-order valence-electron chi connectivity index (χ3n) is 4.87. The van der Waals surface area contributed by atoms with Crippen molar-refractivity contribution in [3.63, 3.8) is 0 Å². The molecule has 152 valence electrons. The van der Waals surface area contributed by atoms with E-state index in [1.165, 1.54) is 19.3 Å². The van der Waals surface area contributed by atoms with Crippen LogP contribution in [0.25, 0.3) is 0 Å². The molecule has 0 aromatic heterocycles. The van der Waals surface area contributed by atoms with Gasteiger partial charge in [-0.05, 0) is 46.5 Å². The molecular formula is C20H38N2O4. The lowest BCUT2D eigenvalue weighted by molar-refractivity contribution is -0.125. The van der Waals surface area contributed by atoms with Crippen molar-refractivity contribution in [2.24, 2.45) is 11.8 Å². The molecule has 1 aliphatic carbocycles. The first-order valence-electron chi connectivity index (χ1n) is 10.1. The number of carbonyl (C=O) groups is 2. The van der Waals surface area contributed by atoms with E-state index < -0.39 is 23.8 Å². The first-order chi connectivity index (χ1) is 12.1. The minimum atomic E-state index is -0.776. The van der Waals surface area contributed by atoms with Crippen LogP contribution >= 0.6 is 0 Å². The van der Waals surface area contributed by atoms with Gasteiger partial charge in [-0.2, -0.15) is 0 Å². The minimum Gasteiger partial charge on any atom is -0.444 e. The molecule has 0 heterocycles. The summed E-state index contributed by atoms with van der Waals surface area (Å²) in [5.41, 5.74) is -0.585. The number of aliphatic hydroxyl groups is 1. The Hall–Kier alpha value is -1.30. The van der Waals surface area contributed by atoms with Crippen LogP contribution in [0, 0.1) is 11.8 Å². The molecule has 1 rings (SSSR count). The molecule has 0 aliphatic heterocycles. The first-order valence-corrected chi connectivity index (χ1v) is 10.1. The van der Waals surface area contributed by atoms with Crippen molar-refractivity contribution >= 4 is 12.0 Å². The van der Waals surface area contributed by atoms with Gasteiger partial charge in [-0.3, -0.25) is 4.79 Å². The summed E-state index contributed by atoms with van der Waals surface area (Å²) >= 11 is 0. The largest absolute Gasteiger partial charge is 0.444 e. The summed E-state index contributed by atoms with van der Waals surface area (Å²) in [7, 11) is 0. The second-order valence-electron chi connectivity index (χ2n) is 8.59. The maximum atomic E-state index is 12.2. The predicted octanol–water partition coefficient (Wildman–Crippen LogP) is 3.37. The highest BCUT2D eigenvalue weighted by atomic mass is 16.6. The zero-order valence-corrected chi connectivity index (χ0v) is 17.1. The molecule has 1 saturated carbocycles. The minimum absolute atomic E-state index is 0.0692. The molecule has 0 bridgehead atoms. The number of rotatable bonds is 8. The lowest BCUT2D eigenvalue weighted by Crippen LogP contribution is -2.47. The smallest absolute Gasteiger partial charge is 0.407 e. The summed E-state index contributed by atoms with van der Waals surface area (Å²) in [6, 6.07) is -0.398. The Morgan fingerprint density at radius 3 is 2.35 bits per heavy atom. The summed E-state index contributed by atoms with van der Waals surface area (Å²) in [4.78, 5) is 24.2. The standard InChI is InChI=1S/C20H38N2O4/c1-6-21-18(24)14(2)12-17(23)16(13-15-10-8-7-9-11-15)22-19(25)26-20(3,4)5/h14-17,23H,6-13H2,1-5H3,(H,21,24)(H,22,25)/t14-,16+,17+/m1/s1. The number of hydrogen-bond acceptors (Lipinski definition) is 4. The average Bonchev–Trinajstić information content (AvgIpc) is 2.53. The number of carbonyl (C=O) groups excluding carboxylic acids is 2. The molecule has 26 heavy (non-hydrogen) atoms. The van der Waals surface area contributed by atoms with Gasteiger partial charge < -0.3 is 20.5 Å². The van der Waals surface area contributed by atoms with Crippen molar-refractivity contribution in [3.8, 4) is 0 Å². The normalized spacial score (nSPS) is 19.3. The highest BCUT2D eigenvalue weighted by Gasteiger charge is 2.30. The highest BCUT2D eigenvalue weighted by molar-refractivity contribution is 5.78. The Balaban J connectivity index is 2.70. The molecule has 0 aromatic rings. The van der Waals surface area contributed by atoms with Crippen molar-refractivity contribution in [1.82, 2.24) is 10.6 Å². The molecule has 0 spiro atoms. The summed E-state index contributed by atoms with van der Waals surface area (Å²) in [6.07, 6.45) is 5.68. The number of ether oxygens (including phenoxy) is 1. The molecule has 2 amide bonds. The molecule has 3 N–H and O–H groups in total. The fraction of sp³-hybridized carbons (Fsp3) is 0.900. The number of hydrogen-bond donors (Lipinski definition) is 3. The van der Waals surface area contributed by atoms with Crippen molar-refractivity contribution in [3.05, 3.63) is 0 Å². The van der Waals surface area contributed by atoms with E-state index in [0.717, 1.165) is 19.3 Å². The Bertz CT molecular complexity index is 442. The maximum absolute atomic E-state index is 12.2. The van der Waals surface area contributed by atoms with E-state index in [2.05, 4.69) is 10.6 Å². The quantitative estimate of drug-likeness (QED) is 0.611. The molecule has 6 heteroatoms. The second-order valence-corrected chi connectivity index (χ2v) is 8.59. The van der Waals surface area contributed by atoms with Gasteiger partial charge in [0.1, 0.15) is 5.60 Å². The van der Waals surface area contributed by atoms with E-state index >= 15 is 0 Å². The van der Waals surface area contributed by atoms with E-state index in [-0.39, 0.29) is 11.8 Å². The van der Waals surface area contributed by atoms with Gasteiger partial charge in [0.25, 0.3) is 0 Å². The van der Waals surface area contributed by atoms with Gasteiger partial charge >= 0.3 is 6.09 Å². The fourth-order valence-electron chi connectivity index (χ4n) is 3.54. The average molecular weight is 371 g/mol. The van der Waals surface area contributed by atoms with Crippen LogP contribution in [-0.2, 0) is 9.53 Å². The molecule has 0 unspecified atom stereocenters. The Morgan fingerprint density at radius 2 is 1.81 bits per heavy atom. The topological polar surface area (TPSA) is 87.7 Å². The van der Waals surface area contributed by atoms with Crippen LogP contribution in [0.4, 0.5) is 4.79 Å². The van der Waals surface area contributed by atoms with Gasteiger partial charge in [-0.25, -0.2) is 4.79 Å². The lowest BCUT2D eigenvalue weighted by atomic mass is 9.82. The van der Waals surface area contributed by atoms with E-state index in [4.69, 9.17) is 4.74 Å². The van der Waals surface area contributed by atoms with Gasteiger partial charge in [0.05, 0.1) is 12.1 Å². The predicted molar refractivity (Wildman–Crippen MR) is 103 cm³/mol. The van der Waals surface area contributed by atoms with Crippen LogP contribution in [0.5, 0.6) is 0 Å². The molecule has 0 radical (unpaired) electrons. The first kappa shape index (κ1) is 22.7. The summed E-state index contributed by atoms with van der Waals surface area (Å²) in [6.45, 7) is 9.69. The molecule has 0 aromatic carbocycles. The molecule has 6 nitrogen and oxygen atoms in total. The second kappa shape index (κ2) is 10.8. The summed E-state index contributed by atoms with van der Waals surface area (Å²) < 4.78 is 5.36. The van der Waals surface area contributed by atoms with Crippen molar-refractivity contribution in [2.45, 2.75) is 97.3 Å². The van der Waals surface area contributed by atoms with Crippen molar-refractivity contribution in [1.29, 1.82) is 0 Å². The number of alkyl carbamates (subject to hydrolysis) is 1. The van der Waals surface area contributed by atoms with Crippen LogP contribution in [0.1, 0.15) is 79.6 Å². The van der Waals surface area contributed by atoms with Gasteiger partial charge in [-0.15, -0.1) is 0 Å². The number of amides is 2. The van der Waals surface area contributed by atoms with Crippen LogP contribution < -0.4 is 10.6 Å². The van der Waals surface area contributed by atoms with Gasteiger partial charge in [0, 0.05) is 12.5 Å². The zero-order valence-electron chi connectivity index (χ0n) is 17.1. The van der Waals surface area contributed by atoms with Crippen molar-refractivity contribution in [2.75, 3.05) is 6.54 Å². The Morgan fingerprint density at radius 1 is 1.19 bits per heavy atom. The SMILES string of the molecule is CCNC(=O)[C@H](C)C[C@H](O)[C@H](CC1CCCCC1)NC(=O)OC(C)(C)C. The lowest BCUT2D eigenvalue weighted by Gasteiger charge is -2.31. The molecule has 0 saturated heterocycles. The van der Waals surface area contributed by atoms with Gasteiger partial charge in [-0.1, -0.05) is 39.0 Å².